The first-order valence-electron chi connectivity index (χ1n) is 9.28. The fraction of sp³-hybridized carbons (Fsp3) is 0.286. The normalized spacial score (nSPS) is 13.8. The molecule has 144 valence electrons. The van der Waals surface area contributed by atoms with E-state index in [1.165, 1.54) is 11.3 Å². The first-order chi connectivity index (χ1) is 13.6. The van der Waals surface area contributed by atoms with Crippen LogP contribution >= 0.6 is 22.9 Å². The molecule has 5 nitrogen and oxygen atoms in total. The second-order valence-corrected chi connectivity index (χ2v) is 8.54. The topological polar surface area (TPSA) is 70.2 Å². The highest BCUT2D eigenvalue weighted by Gasteiger charge is 2.17. The van der Waals surface area contributed by atoms with Crippen LogP contribution in [0.1, 0.15) is 40.2 Å². The maximum absolute atomic E-state index is 12.2. The molecule has 1 N–H and O–H groups in total. The van der Waals surface area contributed by atoms with E-state index >= 15 is 0 Å². The van der Waals surface area contributed by atoms with Crippen molar-refractivity contribution in [2.75, 3.05) is 13.1 Å². The molecule has 0 radical (unpaired) electrons. The molecule has 0 spiro atoms. The number of Topliss-reactive ketones (excluding diaryl/α,β-unsaturated/α-hetero) is 1. The van der Waals surface area contributed by atoms with Gasteiger partial charge in [0.05, 0.1) is 14.9 Å². The molecule has 28 heavy (non-hydrogen) atoms. The van der Waals surface area contributed by atoms with Gasteiger partial charge in [-0.1, -0.05) is 41.0 Å². The molecule has 2 aromatic heterocycles. The van der Waals surface area contributed by atoms with Gasteiger partial charge >= 0.3 is 0 Å². The molecule has 1 aromatic carbocycles. The molecule has 1 fully saturated rings. The van der Waals surface area contributed by atoms with E-state index in [1.807, 2.05) is 30.3 Å². The standard InChI is InChI=1S/C21H20ClN3O2S/c22-20-10-9-19(28-20)17(26)8-7-16-13-18(27-24-16)14-3-5-15(6-4-14)21(23)25-11-1-2-12-25/h3-6,9-10,13,23H,1-2,7-8,11-12H2. The Hall–Kier alpha value is -2.44. The summed E-state index contributed by atoms with van der Waals surface area (Å²) >= 11 is 7.18. The number of benzene rings is 1. The van der Waals surface area contributed by atoms with Crippen LogP contribution < -0.4 is 0 Å². The van der Waals surface area contributed by atoms with Gasteiger partial charge in [0.25, 0.3) is 0 Å². The molecular weight excluding hydrogens is 394 g/mol. The minimum absolute atomic E-state index is 0.0613. The number of thiophene rings is 1. The predicted molar refractivity (Wildman–Crippen MR) is 112 cm³/mol. The highest BCUT2D eigenvalue weighted by Crippen LogP contribution is 2.25. The highest BCUT2D eigenvalue weighted by molar-refractivity contribution is 7.18. The van der Waals surface area contributed by atoms with E-state index in [1.54, 1.807) is 12.1 Å². The van der Waals surface area contributed by atoms with Crippen molar-refractivity contribution in [3.8, 4) is 11.3 Å². The van der Waals surface area contributed by atoms with E-state index < -0.39 is 0 Å². The van der Waals surface area contributed by atoms with Crippen molar-refractivity contribution in [2.24, 2.45) is 0 Å². The summed E-state index contributed by atoms with van der Waals surface area (Å²) in [5.74, 6) is 1.31. The third-order valence-electron chi connectivity index (χ3n) is 4.88. The summed E-state index contributed by atoms with van der Waals surface area (Å²) in [6, 6.07) is 13.2. The second kappa shape index (κ2) is 8.29. The number of halogens is 1. The van der Waals surface area contributed by atoms with Crippen molar-refractivity contribution in [3.63, 3.8) is 0 Å². The van der Waals surface area contributed by atoms with Gasteiger partial charge in [0.2, 0.25) is 0 Å². The van der Waals surface area contributed by atoms with Crippen LogP contribution in [-0.2, 0) is 6.42 Å². The van der Waals surface area contributed by atoms with E-state index in [2.05, 4.69) is 10.1 Å². The number of amidine groups is 1. The average Bonchev–Trinajstić information content (AvgIpc) is 3.47. The average molecular weight is 414 g/mol. The first kappa shape index (κ1) is 18.9. The summed E-state index contributed by atoms with van der Waals surface area (Å²) in [5.41, 5.74) is 2.57. The molecule has 3 heterocycles. The number of nitrogens with one attached hydrogen (secondary N) is 1. The lowest BCUT2D eigenvalue weighted by Gasteiger charge is -2.18. The van der Waals surface area contributed by atoms with Crippen molar-refractivity contribution in [2.45, 2.75) is 25.7 Å². The van der Waals surface area contributed by atoms with Crippen molar-refractivity contribution in [1.29, 1.82) is 5.41 Å². The Morgan fingerprint density at radius 3 is 2.61 bits per heavy atom. The van der Waals surface area contributed by atoms with Crippen molar-refractivity contribution < 1.29 is 9.32 Å². The third-order valence-corrected chi connectivity index (χ3v) is 6.15. The molecule has 7 heteroatoms. The molecular formula is C21H20ClN3O2S. The number of ketones is 1. The zero-order valence-corrected chi connectivity index (χ0v) is 16.9. The molecule has 0 aliphatic carbocycles. The van der Waals surface area contributed by atoms with E-state index in [4.69, 9.17) is 21.5 Å². The third kappa shape index (κ3) is 4.18. The zero-order chi connectivity index (χ0) is 19.5. The maximum Gasteiger partial charge on any atom is 0.173 e. The van der Waals surface area contributed by atoms with Gasteiger partial charge < -0.3 is 9.42 Å². The molecule has 1 aliphatic heterocycles. The van der Waals surface area contributed by atoms with Gasteiger partial charge in [-0.25, -0.2) is 0 Å². The number of nitrogens with zero attached hydrogens (tertiary/aromatic N) is 2. The Labute approximate surface area is 172 Å². The quantitative estimate of drug-likeness (QED) is 0.338. The van der Waals surface area contributed by atoms with Crippen LogP contribution in [0.4, 0.5) is 0 Å². The van der Waals surface area contributed by atoms with Crippen molar-refractivity contribution in [3.05, 3.63) is 62.9 Å². The first-order valence-corrected chi connectivity index (χ1v) is 10.5. The van der Waals surface area contributed by atoms with Gasteiger partial charge in [0.1, 0.15) is 5.84 Å². The number of aromatic nitrogens is 1. The number of hydrogen-bond acceptors (Lipinski definition) is 5. The van der Waals surface area contributed by atoms with E-state index in [9.17, 15) is 4.79 Å². The lowest BCUT2D eigenvalue weighted by atomic mass is 10.1. The number of carbonyl (C=O) groups is 1. The Balaban J connectivity index is 1.38. The van der Waals surface area contributed by atoms with Gasteiger partial charge in [-0.2, -0.15) is 0 Å². The molecule has 1 aliphatic rings. The summed E-state index contributed by atoms with van der Waals surface area (Å²) in [6.45, 7) is 1.92. The van der Waals surface area contributed by atoms with Crippen molar-refractivity contribution in [1.82, 2.24) is 10.1 Å². The highest BCUT2D eigenvalue weighted by atomic mass is 35.5. The van der Waals surface area contributed by atoms with E-state index in [0.29, 0.717) is 33.7 Å². The van der Waals surface area contributed by atoms with Gasteiger partial charge in [0, 0.05) is 43.1 Å². The second-order valence-electron chi connectivity index (χ2n) is 6.83. The van der Waals surface area contributed by atoms with Crippen LogP contribution in [-0.4, -0.2) is 34.8 Å². The number of likely N-dealkylation sites (tertiary alicyclic amines) is 1. The van der Waals surface area contributed by atoms with Crippen molar-refractivity contribution >= 4 is 34.6 Å². The zero-order valence-electron chi connectivity index (χ0n) is 15.3. The van der Waals surface area contributed by atoms with Gasteiger partial charge in [-0.15, -0.1) is 11.3 Å². The Bertz CT molecular complexity index is 987. The van der Waals surface area contributed by atoms with Gasteiger partial charge in [-0.05, 0) is 25.0 Å². The predicted octanol–water partition coefficient (Wildman–Crippen LogP) is 5.29. The number of rotatable bonds is 6. The van der Waals surface area contributed by atoms with Crippen LogP contribution in [0.15, 0.2) is 47.0 Å². The monoisotopic (exact) mass is 413 g/mol. The molecule has 4 rings (SSSR count). The number of aryl methyl sites for hydroxylation is 1. The molecule has 3 aromatic rings. The number of hydrogen-bond donors (Lipinski definition) is 1. The van der Waals surface area contributed by atoms with Gasteiger partial charge in [0.15, 0.2) is 11.5 Å². The lowest BCUT2D eigenvalue weighted by Crippen LogP contribution is -2.27. The minimum Gasteiger partial charge on any atom is -0.357 e. The Morgan fingerprint density at radius 1 is 1.18 bits per heavy atom. The fourth-order valence-electron chi connectivity index (χ4n) is 3.31. The summed E-state index contributed by atoms with van der Waals surface area (Å²) in [5, 5.41) is 12.4. The van der Waals surface area contributed by atoms with E-state index in [0.717, 1.165) is 42.8 Å². The summed E-state index contributed by atoms with van der Waals surface area (Å²) in [4.78, 5) is 15.0. The fourth-order valence-corrected chi connectivity index (χ4v) is 4.32. The molecule has 0 saturated carbocycles. The summed E-state index contributed by atoms with van der Waals surface area (Å²) in [6.07, 6.45) is 3.21. The van der Waals surface area contributed by atoms with Crippen LogP contribution in [0.5, 0.6) is 0 Å². The summed E-state index contributed by atoms with van der Waals surface area (Å²) in [7, 11) is 0. The van der Waals surface area contributed by atoms with Crippen LogP contribution in [0.25, 0.3) is 11.3 Å². The smallest absolute Gasteiger partial charge is 0.173 e. The molecule has 0 amide bonds. The summed E-state index contributed by atoms with van der Waals surface area (Å²) < 4.78 is 6.07. The Morgan fingerprint density at radius 2 is 1.93 bits per heavy atom. The van der Waals surface area contributed by atoms with Gasteiger partial charge in [-0.3, -0.25) is 10.2 Å². The Kier molecular flexibility index (Phi) is 5.59. The van der Waals surface area contributed by atoms with Crippen LogP contribution in [0, 0.1) is 5.41 Å². The van der Waals surface area contributed by atoms with Crippen LogP contribution in [0.2, 0.25) is 4.34 Å². The minimum atomic E-state index is 0.0613. The van der Waals surface area contributed by atoms with E-state index in [-0.39, 0.29) is 5.78 Å². The number of carbonyl (C=O) groups excluding carboxylic acids is 1. The largest absolute Gasteiger partial charge is 0.357 e. The SMILES string of the molecule is N=C(c1ccc(-c2cc(CCC(=O)c3ccc(Cl)s3)no2)cc1)N1CCCC1. The molecule has 1 saturated heterocycles. The maximum atomic E-state index is 12.2. The molecule has 0 bridgehead atoms. The molecule has 0 atom stereocenters. The van der Waals surface area contributed by atoms with Crippen LogP contribution in [0.3, 0.4) is 0 Å². The lowest BCUT2D eigenvalue weighted by molar-refractivity contribution is 0.0986. The molecule has 0 unspecified atom stereocenters.